The normalized spacial score (nSPS) is 10.2. The molecule has 0 aliphatic heterocycles. The molecule has 0 saturated heterocycles. The van der Waals surface area contributed by atoms with Gasteiger partial charge in [-0.15, -0.1) is 0 Å². The smallest absolute Gasteiger partial charge is 0.253 e. The van der Waals surface area contributed by atoms with Crippen LogP contribution in [0.1, 0.15) is 21.5 Å². The topological polar surface area (TPSA) is 55.1 Å². The molecule has 0 aliphatic carbocycles. The Hall–Kier alpha value is -2.36. The molecule has 2 rings (SSSR count). The fourth-order valence-corrected chi connectivity index (χ4v) is 1.80. The summed E-state index contributed by atoms with van der Waals surface area (Å²) in [4.78, 5) is 11.9. The molecular weight excluding hydrogens is 243 g/mol. The third-order valence-electron chi connectivity index (χ3n) is 2.85. The van der Waals surface area contributed by atoms with Crippen molar-refractivity contribution in [1.29, 1.82) is 0 Å². The molecule has 0 heterocycles. The number of benzene rings is 2. The predicted octanol–water partition coefficient (Wildman–Crippen LogP) is 2.65. The summed E-state index contributed by atoms with van der Waals surface area (Å²) in [5, 5.41) is 2.66. The van der Waals surface area contributed by atoms with E-state index in [0.29, 0.717) is 16.8 Å². The highest BCUT2D eigenvalue weighted by Crippen LogP contribution is 2.14. The van der Waals surface area contributed by atoms with Crippen molar-refractivity contribution in [3.8, 4) is 0 Å². The minimum Gasteiger partial charge on any atom is -0.398 e. The van der Waals surface area contributed by atoms with Crippen LogP contribution >= 0.6 is 0 Å². The monoisotopic (exact) mass is 258 g/mol. The SMILES string of the molecule is Cc1ccc(C(=O)NCc2ccccc2F)c(N)c1. The van der Waals surface area contributed by atoms with Crippen LogP contribution in [0.15, 0.2) is 42.5 Å². The molecule has 0 spiro atoms. The molecule has 98 valence electrons. The quantitative estimate of drug-likeness (QED) is 0.831. The van der Waals surface area contributed by atoms with Gasteiger partial charge in [-0.2, -0.15) is 0 Å². The van der Waals surface area contributed by atoms with E-state index in [9.17, 15) is 9.18 Å². The van der Waals surface area contributed by atoms with Gasteiger partial charge in [-0.25, -0.2) is 4.39 Å². The number of carbonyl (C=O) groups is 1. The van der Waals surface area contributed by atoms with Gasteiger partial charge in [0.25, 0.3) is 5.91 Å². The second-order valence-electron chi connectivity index (χ2n) is 4.36. The van der Waals surface area contributed by atoms with Gasteiger partial charge < -0.3 is 11.1 Å². The van der Waals surface area contributed by atoms with Gasteiger partial charge in [0.05, 0.1) is 5.56 Å². The number of halogens is 1. The number of rotatable bonds is 3. The number of carbonyl (C=O) groups excluding carboxylic acids is 1. The average Bonchev–Trinajstić information content (AvgIpc) is 2.37. The maximum absolute atomic E-state index is 13.4. The van der Waals surface area contributed by atoms with Crippen molar-refractivity contribution in [3.63, 3.8) is 0 Å². The van der Waals surface area contributed by atoms with Crippen molar-refractivity contribution in [2.45, 2.75) is 13.5 Å². The van der Waals surface area contributed by atoms with E-state index < -0.39 is 0 Å². The Morgan fingerprint density at radius 2 is 2.00 bits per heavy atom. The summed E-state index contributed by atoms with van der Waals surface area (Å²) < 4.78 is 13.4. The Labute approximate surface area is 111 Å². The molecule has 3 nitrogen and oxygen atoms in total. The van der Waals surface area contributed by atoms with E-state index in [0.717, 1.165) is 5.56 Å². The zero-order valence-corrected chi connectivity index (χ0v) is 10.6. The molecular formula is C15H15FN2O. The van der Waals surface area contributed by atoms with Gasteiger partial charge in [-0.3, -0.25) is 4.79 Å². The minimum absolute atomic E-state index is 0.138. The van der Waals surface area contributed by atoms with E-state index in [2.05, 4.69) is 5.32 Å². The van der Waals surface area contributed by atoms with Crippen LogP contribution in [0.2, 0.25) is 0 Å². The molecule has 0 saturated carbocycles. The summed E-state index contributed by atoms with van der Waals surface area (Å²) in [6.45, 7) is 2.04. The lowest BCUT2D eigenvalue weighted by Gasteiger charge is -2.08. The summed E-state index contributed by atoms with van der Waals surface area (Å²) in [5.74, 6) is -0.638. The summed E-state index contributed by atoms with van der Waals surface area (Å²) in [6.07, 6.45) is 0. The molecule has 4 heteroatoms. The third-order valence-corrected chi connectivity index (χ3v) is 2.85. The number of nitrogen functional groups attached to an aromatic ring is 1. The Morgan fingerprint density at radius 1 is 1.26 bits per heavy atom. The van der Waals surface area contributed by atoms with Gasteiger partial charge >= 0.3 is 0 Å². The maximum Gasteiger partial charge on any atom is 0.253 e. The summed E-state index contributed by atoms with van der Waals surface area (Å²) in [6, 6.07) is 11.5. The average molecular weight is 258 g/mol. The number of aryl methyl sites for hydroxylation is 1. The van der Waals surface area contributed by atoms with E-state index in [1.54, 1.807) is 30.3 Å². The molecule has 2 aromatic carbocycles. The first-order valence-corrected chi connectivity index (χ1v) is 5.95. The van der Waals surface area contributed by atoms with Crippen LogP contribution < -0.4 is 11.1 Å². The number of nitrogens with two attached hydrogens (primary N) is 1. The highest BCUT2D eigenvalue weighted by molar-refractivity contribution is 5.99. The Bertz CT molecular complexity index is 611. The van der Waals surface area contributed by atoms with Crippen LogP contribution in [0.3, 0.4) is 0 Å². The Morgan fingerprint density at radius 3 is 2.68 bits per heavy atom. The van der Waals surface area contributed by atoms with Crippen LogP contribution in [-0.4, -0.2) is 5.91 Å². The highest BCUT2D eigenvalue weighted by atomic mass is 19.1. The maximum atomic E-state index is 13.4. The number of hydrogen-bond donors (Lipinski definition) is 2. The van der Waals surface area contributed by atoms with Crippen LogP contribution in [0.4, 0.5) is 10.1 Å². The van der Waals surface area contributed by atoms with Crippen molar-refractivity contribution < 1.29 is 9.18 Å². The highest BCUT2D eigenvalue weighted by Gasteiger charge is 2.10. The van der Waals surface area contributed by atoms with E-state index in [1.807, 2.05) is 13.0 Å². The van der Waals surface area contributed by atoms with E-state index in [-0.39, 0.29) is 18.3 Å². The zero-order chi connectivity index (χ0) is 13.8. The van der Waals surface area contributed by atoms with Crippen molar-refractivity contribution in [3.05, 3.63) is 65.0 Å². The molecule has 2 aromatic rings. The van der Waals surface area contributed by atoms with Crippen LogP contribution in [-0.2, 0) is 6.54 Å². The van der Waals surface area contributed by atoms with E-state index in [1.165, 1.54) is 6.07 Å². The number of amides is 1. The van der Waals surface area contributed by atoms with Gasteiger partial charge in [0, 0.05) is 17.8 Å². The second kappa shape index (κ2) is 5.52. The number of hydrogen-bond acceptors (Lipinski definition) is 2. The summed E-state index contributed by atoms with van der Waals surface area (Å²) in [5.41, 5.74) is 8.05. The molecule has 0 unspecified atom stereocenters. The van der Waals surface area contributed by atoms with Crippen LogP contribution in [0.5, 0.6) is 0 Å². The van der Waals surface area contributed by atoms with Crippen molar-refractivity contribution in [2.24, 2.45) is 0 Å². The lowest BCUT2D eigenvalue weighted by molar-refractivity contribution is 0.0951. The molecule has 0 atom stereocenters. The summed E-state index contributed by atoms with van der Waals surface area (Å²) >= 11 is 0. The summed E-state index contributed by atoms with van der Waals surface area (Å²) in [7, 11) is 0. The lowest BCUT2D eigenvalue weighted by Crippen LogP contribution is -2.24. The molecule has 1 amide bonds. The molecule has 0 bridgehead atoms. The van der Waals surface area contributed by atoms with Crippen molar-refractivity contribution in [2.75, 3.05) is 5.73 Å². The van der Waals surface area contributed by atoms with Crippen LogP contribution in [0, 0.1) is 12.7 Å². The first-order chi connectivity index (χ1) is 9.08. The van der Waals surface area contributed by atoms with E-state index in [4.69, 9.17) is 5.73 Å². The molecule has 0 radical (unpaired) electrons. The van der Waals surface area contributed by atoms with Crippen LogP contribution in [0.25, 0.3) is 0 Å². The van der Waals surface area contributed by atoms with Gasteiger partial charge in [0.15, 0.2) is 0 Å². The van der Waals surface area contributed by atoms with Gasteiger partial charge in [-0.1, -0.05) is 24.3 Å². The number of nitrogens with one attached hydrogen (secondary N) is 1. The fraction of sp³-hybridized carbons (Fsp3) is 0.133. The third kappa shape index (κ3) is 3.10. The largest absolute Gasteiger partial charge is 0.398 e. The Balaban J connectivity index is 2.08. The fourth-order valence-electron chi connectivity index (χ4n) is 1.80. The minimum atomic E-state index is -0.334. The standard InChI is InChI=1S/C15H15FN2O/c1-10-6-7-12(14(17)8-10)15(19)18-9-11-4-2-3-5-13(11)16/h2-8H,9,17H2,1H3,(H,18,19). The van der Waals surface area contributed by atoms with E-state index >= 15 is 0 Å². The van der Waals surface area contributed by atoms with Crippen molar-refractivity contribution in [1.82, 2.24) is 5.32 Å². The first kappa shape index (κ1) is 13.1. The van der Waals surface area contributed by atoms with Gasteiger partial charge in [0.2, 0.25) is 0 Å². The van der Waals surface area contributed by atoms with Gasteiger partial charge in [-0.05, 0) is 30.7 Å². The molecule has 3 N–H and O–H groups in total. The van der Waals surface area contributed by atoms with Gasteiger partial charge in [0.1, 0.15) is 5.82 Å². The second-order valence-corrected chi connectivity index (χ2v) is 4.36. The Kier molecular flexibility index (Phi) is 3.80. The molecule has 0 aromatic heterocycles. The molecule has 0 fully saturated rings. The van der Waals surface area contributed by atoms with Crippen molar-refractivity contribution >= 4 is 11.6 Å². The first-order valence-electron chi connectivity index (χ1n) is 5.95. The molecule has 19 heavy (non-hydrogen) atoms. The molecule has 0 aliphatic rings. The zero-order valence-electron chi connectivity index (χ0n) is 10.6. The lowest BCUT2D eigenvalue weighted by atomic mass is 10.1. The predicted molar refractivity (Wildman–Crippen MR) is 73.2 cm³/mol. The number of anilines is 1.